The van der Waals surface area contributed by atoms with Crippen LogP contribution in [-0.4, -0.2) is 11.6 Å². The summed E-state index contributed by atoms with van der Waals surface area (Å²) in [6, 6.07) is 9.75. The molecule has 0 bridgehead atoms. The second-order valence-electron chi connectivity index (χ2n) is 4.03. The summed E-state index contributed by atoms with van der Waals surface area (Å²) >= 11 is 0. The van der Waals surface area contributed by atoms with Crippen molar-refractivity contribution in [1.29, 1.82) is 0 Å². The fourth-order valence-electron chi connectivity index (χ4n) is 2.04. The largest absolute Gasteiger partial charge is 0.299 e. The lowest BCUT2D eigenvalue weighted by Crippen LogP contribution is -2.30. The highest BCUT2D eigenvalue weighted by molar-refractivity contribution is 6.04. The van der Waals surface area contributed by atoms with Crippen molar-refractivity contribution in [3.63, 3.8) is 0 Å². The number of rotatable bonds is 2. The van der Waals surface area contributed by atoms with Gasteiger partial charge in [-0.1, -0.05) is 30.3 Å². The van der Waals surface area contributed by atoms with Crippen LogP contribution in [-0.2, 0) is 16.0 Å². The molecule has 1 aliphatic rings. The van der Waals surface area contributed by atoms with Gasteiger partial charge in [0.05, 0.1) is 5.92 Å². The maximum absolute atomic E-state index is 11.6. The van der Waals surface area contributed by atoms with Gasteiger partial charge in [0.25, 0.3) is 0 Å². The highest BCUT2D eigenvalue weighted by Crippen LogP contribution is 2.21. The standard InChI is InChI=1S/C13H14O2/c14-12-7-4-8-13(15)11(12)9-10-5-2-1-3-6-10/h1-3,5-6,11H,4,7-9H2. The van der Waals surface area contributed by atoms with Gasteiger partial charge in [0.15, 0.2) is 0 Å². The van der Waals surface area contributed by atoms with Gasteiger partial charge in [-0.3, -0.25) is 9.59 Å². The van der Waals surface area contributed by atoms with Crippen LogP contribution in [0.15, 0.2) is 30.3 Å². The van der Waals surface area contributed by atoms with Crippen LogP contribution in [0.1, 0.15) is 24.8 Å². The van der Waals surface area contributed by atoms with E-state index in [0.717, 1.165) is 12.0 Å². The third-order valence-corrected chi connectivity index (χ3v) is 2.91. The molecule has 0 unspecified atom stereocenters. The summed E-state index contributed by atoms with van der Waals surface area (Å²) in [6.45, 7) is 0. The summed E-state index contributed by atoms with van der Waals surface area (Å²) < 4.78 is 0. The molecule has 15 heavy (non-hydrogen) atoms. The van der Waals surface area contributed by atoms with Crippen LogP contribution < -0.4 is 0 Å². The van der Waals surface area contributed by atoms with Gasteiger partial charge < -0.3 is 0 Å². The molecule has 1 aromatic carbocycles. The summed E-state index contributed by atoms with van der Waals surface area (Å²) in [5, 5.41) is 0. The van der Waals surface area contributed by atoms with Crippen molar-refractivity contribution in [2.24, 2.45) is 5.92 Å². The fraction of sp³-hybridized carbons (Fsp3) is 0.385. The molecule has 0 atom stereocenters. The van der Waals surface area contributed by atoms with Crippen LogP contribution in [0.5, 0.6) is 0 Å². The molecule has 0 amide bonds. The monoisotopic (exact) mass is 202 g/mol. The topological polar surface area (TPSA) is 34.1 Å². The van der Waals surface area contributed by atoms with Gasteiger partial charge in [-0.25, -0.2) is 0 Å². The molecule has 0 aliphatic heterocycles. The van der Waals surface area contributed by atoms with Crippen LogP contribution in [0.3, 0.4) is 0 Å². The van der Waals surface area contributed by atoms with E-state index in [1.807, 2.05) is 30.3 Å². The first-order chi connectivity index (χ1) is 7.27. The van der Waals surface area contributed by atoms with Crippen molar-refractivity contribution in [3.8, 4) is 0 Å². The lowest BCUT2D eigenvalue weighted by atomic mass is 9.83. The smallest absolute Gasteiger partial charge is 0.143 e. The Morgan fingerprint density at radius 1 is 1.00 bits per heavy atom. The normalized spacial score (nSPS) is 18.1. The SMILES string of the molecule is O=C1CCCC(=O)C1Cc1ccccc1. The minimum Gasteiger partial charge on any atom is -0.299 e. The Hall–Kier alpha value is -1.44. The fourth-order valence-corrected chi connectivity index (χ4v) is 2.04. The van der Waals surface area contributed by atoms with E-state index in [-0.39, 0.29) is 17.5 Å². The number of hydrogen-bond acceptors (Lipinski definition) is 2. The van der Waals surface area contributed by atoms with Gasteiger partial charge in [-0.15, -0.1) is 0 Å². The molecule has 1 fully saturated rings. The molecule has 1 aromatic rings. The van der Waals surface area contributed by atoms with Gasteiger partial charge in [0.1, 0.15) is 11.6 Å². The molecule has 1 aliphatic carbocycles. The summed E-state index contributed by atoms with van der Waals surface area (Å²) in [5.74, 6) is -0.133. The Morgan fingerprint density at radius 2 is 1.60 bits per heavy atom. The molecule has 2 rings (SSSR count). The van der Waals surface area contributed by atoms with E-state index in [2.05, 4.69) is 0 Å². The summed E-state index contributed by atoms with van der Waals surface area (Å²) in [4.78, 5) is 23.2. The van der Waals surface area contributed by atoms with E-state index in [1.165, 1.54) is 0 Å². The Kier molecular flexibility index (Phi) is 2.95. The van der Waals surface area contributed by atoms with E-state index in [4.69, 9.17) is 0 Å². The maximum Gasteiger partial charge on any atom is 0.143 e. The van der Waals surface area contributed by atoms with Crippen molar-refractivity contribution in [2.75, 3.05) is 0 Å². The Balaban J connectivity index is 2.10. The quantitative estimate of drug-likeness (QED) is 0.689. The molecule has 0 heterocycles. The highest BCUT2D eigenvalue weighted by atomic mass is 16.2. The molecule has 0 aromatic heterocycles. The van der Waals surface area contributed by atoms with Gasteiger partial charge >= 0.3 is 0 Å². The molecule has 1 saturated carbocycles. The maximum atomic E-state index is 11.6. The molecular formula is C13H14O2. The zero-order valence-electron chi connectivity index (χ0n) is 8.61. The van der Waals surface area contributed by atoms with Gasteiger partial charge in [-0.05, 0) is 18.4 Å². The first-order valence-corrected chi connectivity index (χ1v) is 5.37. The van der Waals surface area contributed by atoms with Crippen molar-refractivity contribution in [1.82, 2.24) is 0 Å². The van der Waals surface area contributed by atoms with E-state index in [1.54, 1.807) is 0 Å². The van der Waals surface area contributed by atoms with Crippen LogP contribution in [0, 0.1) is 5.92 Å². The minimum absolute atomic E-state index is 0.120. The van der Waals surface area contributed by atoms with Gasteiger partial charge in [0.2, 0.25) is 0 Å². The number of Topliss-reactive ketones (excluding diaryl/α,β-unsaturated/α-hetero) is 2. The van der Waals surface area contributed by atoms with Crippen LogP contribution >= 0.6 is 0 Å². The molecular weight excluding hydrogens is 188 g/mol. The number of carbonyl (C=O) groups excluding carboxylic acids is 2. The van der Waals surface area contributed by atoms with Crippen LogP contribution in [0.2, 0.25) is 0 Å². The van der Waals surface area contributed by atoms with E-state index >= 15 is 0 Å². The summed E-state index contributed by atoms with van der Waals surface area (Å²) in [7, 11) is 0. The molecule has 78 valence electrons. The average Bonchev–Trinajstić information content (AvgIpc) is 2.25. The number of carbonyl (C=O) groups is 2. The van der Waals surface area contributed by atoms with Crippen LogP contribution in [0.4, 0.5) is 0 Å². The van der Waals surface area contributed by atoms with Crippen molar-refractivity contribution in [2.45, 2.75) is 25.7 Å². The number of ketones is 2. The molecule has 0 radical (unpaired) electrons. The summed E-state index contributed by atoms with van der Waals surface area (Å²) in [6.07, 6.45) is 2.47. The predicted octanol–water partition coefficient (Wildman–Crippen LogP) is 2.17. The zero-order valence-corrected chi connectivity index (χ0v) is 8.61. The first kappa shape index (κ1) is 10.1. The lowest BCUT2D eigenvalue weighted by Gasteiger charge is -2.19. The van der Waals surface area contributed by atoms with E-state index in [9.17, 15) is 9.59 Å². The molecule has 2 nitrogen and oxygen atoms in total. The lowest BCUT2D eigenvalue weighted by molar-refractivity contribution is -0.135. The molecule has 2 heteroatoms. The predicted molar refractivity (Wildman–Crippen MR) is 57.5 cm³/mol. The van der Waals surface area contributed by atoms with Gasteiger partial charge in [0, 0.05) is 12.8 Å². The third kappa shape index (κ3) is 2.32. The highest BCUT2D eigenvalue weighted by Gasteiger charge is 2.29. The second-order valence-corrected chi connectivity index (χ2v) is 4.03. The molecule has 0 saturated heterocycles. The average molecular weight is 202 g/mol. The van der Waals surface area contributed by atoms with Crippen LogP contribution in [0.25, 0.3) is 0 Å². The molecule has 0 N–H and O–H groups in total. The molecule has 0 spiro atoms. The first-order valence-electron chi connectivity index (χ1n) is 5.37. The minimum atomic E-state index is -0.374. The number of hydrogen-bond donors (Lipinski definition) is 0. The second kappa shape index (κ2) is 4.39. The van der Waals surface area contributed by atoms with E-state index < -0.39 is 0 Å². The Labute approximate surface area is 89.3 Å². The van der Waals surface area contributed by atoms with Gasteiger partial charge in [-0.2, -0.15) is 0 Å². The Bertz CT molecular complexity index is 351. The van der Waals surface area contributed by atoms with Crippen molar-refractivity contribution >= 4 is 11.6 Å². The Morgan fingerprint density at radius 3 is 2.20 bits per heavy atom. The number of benzene rings is 1. The third-order valence-electron chi connectivity index (χ3n) is 2.91. The zero-order chi connectivity index (χ0) is 10.7. The van der Waals surface area contributed by atoms with Crippen molar-refractivity contribution < 1.29 is 9.59 Å². The summed E-state index contributed by atoms with van der Waals surface area (Å²) in [5.41, 5.74) is 1.08. The van der Waals surface area contributed by atoms with Crippen molar-refractivity contribution in [3.05, 3.63) is 35.9 Å². The van der Waals surface area contributed by atoms with E-state index in [0.29, 0.717) is 19.3 Å².